The summed E-state index contributed by atoms with van der Waals surface area (Å²) in [6.07, 6.45) is 4.84. The van der Waals surface area contributed by atoms with Gasteiger partial charge in [-0.25, -0.2) is 0 Å². The van der Waals surface area contributed by atoms with Crippen molar-refractivity contribution in [2.24, 2.45) is 11.7 Å². The molecular formula is C16H25NO. The number of hydrogen-bond acceptors (Lipinski definition) is 2. The van der Waals surface area contributed by atoms with Gasteiger partial charge in [0, 0.05) is 6.04 Å². The van der Waals surface area contributed by atoms with Crippen LogP contribution in [0.15, 0.2) is 24.3 Å². The molecular weight excluding hydrogens is 222 g/mol. The summed E-state index contributed by atoms with van der Waals surface area (Å²) in [5.41, 5.74) is 7.38. The molecule has 0 bridgehead atoms. The number of nitrogens with two attached hydrogens (primary N) is 1. The molecule has 1 aliphatic carbocycles. The third-order valence-corrected chi connectivity index (χ3v) is 4.01. The van der Waals surface area contributed by atoms with Crippen LogP contribution in [0.2, 0.25) is 0 Å². The van der Waals surface area contributed by atoms with Gasteiger partial charge in [0.1, 0.15) is 5.75 Å². The van der Waals surface area contributed by atoms with Gasteiger partial charge < -0.3 is 10.5 Å². The summed E-state index contributed by atoms with van der Waals surface area (Å²) in [5, 5.41) is 0. The van der Waals surface area contributed by atoms with Gasteiger partial charge in [0.05, 0.1) is 6.61 Å². The van der Waals surface area contributed by atoms with E-state index in [1.807, 2.05) is 6.07 Å². The zero-order valence-electron chi connectivity index (χ0n) is 11.6. The van der Waals surface area contributed by atoms with Gasteiger partial charge in [-0.15, -0.1) is 0 Å². The second-order valence-electron chi connectivity index (χ2n) is 5.68. The maximum absolute atomic E-state index is 6.08. The van der Waals surface area contributed by atoms with Crippen LogP contribution in [0.1, 0.15) is 51.0 Å². The van der Waals surface area contributed by atoms with E-state index in [9.17, 15) is 0 Å². The topological polar surface area (TPSA) is 35.2 Å². The molecule has 1 aliphatic rings. The summed E-state index contributed by atoms with van der Waals surface area (Å²) in [5.74, 6) is 2.21. The Kier molecular flexibility index (Phi) is 4.65. The van der Waals surface area contributed by atoms with Gasteiger partial charge in [-0.05, 0) is 42.7 Å². The lowest BCUT2D eigenvalue weighted by atomic mass is 10.0. The van der Waals surface area contributed by atoms with Crippen LogP contribution >= 0.6 is 0 Å². The molecule has 0 amide bonds. The van der Waals surface area contributed by atoms with E-state index < -0.39 is 0 Å². The van der Waals surface area contributed by atoms with E-state index >= 15 is 0 Å². The zero-order valence-corrected chi connectivity index (χ0v) is 11.6. The van der Waals surface area contributed by atoms with Gasteiger partial charge in [0.15, 0.2) is 0 Å². The van der Waals surface area contributed by atoms with Gasteiger partial charge in [0.2, 0.25) is 0 Å². The molecule has 2 nitrogen and oxygen atoms in total. The Bertz CT molecular complexity index is 375. The molecule has 0 saturated heterocycles. The average Bonchev–Trinajstić information content (AvgIpc) is 2.76. The van der Waals surface area contributed by atoms with E-state index in [2.05, 4.69) is 32.0 Å². The van der Waals surface area contributed by atoms with Crippen LogP contribution in [0.3, 0.4) is 0 Å². The molecule has 18 heavy (non-hydrogen) atoms. The SMILES string of the molecule is CC(C)c1ccccc1OCCC1CCCC1N. The highest BCUT2D eigenvalue weighted by atomic mass is 16.5. The minimum atomic E-state index is 0.397. The van der Waals surface area contributed by atoms with E-state index in [1.165, 1.54) is 24.8 Å². The normalized spacial score (nSPS) is 23.6. The number of rotatable bonds is 5. The van der Waals surface area contributed by atoms with E-state index in [1.54, 1.807) is 0 Å². The van der Waals surface area contributed by atoms with Crippen molar-refractivity contribution < 1.29 is 4.74 Å². The summed E-state index contributed by atoms with van der Waals surface area (Å²) < 4.78 is 5.95. The van der Waals surface area contributed by atoms with Crippen LogP contribution < -0.4 is 10.5 Å². The van der Waals surface area contributed by atoms with E-state index in [4.69, 9.17) is 10.5 Å². The van der Waals surface area contributed by atoms with Crippen molar-refractivity contribution in [2.75, 3.05) is 6.61 Å². The summed E-state index contributed by atoms with van der Waals surface area (Å²) in [6, 6.07) is 8.75. The molecule has 1 fully saturated rings. The highest BCUT2D eigenvalue weighted by Gasteiger charge is 2.23. The predicted octanol–water partition coefficient (Wildman–Crippen LogP) is 3.71. The molecule has 2 rings (SSSR count). The molecule has 0 aromatic heterocycles. The summed E-state index contributed by atoms with van der Waals surface area (Å²) in [7, 11) is 0. The van der Waals surface area contributed by atoms with Crippen LogP contribution in [-0.4, -0.2) is 12.6 Å². The first kappa shape index (κ1) is 13.4. The Morgan fingerprint density at radius 2 is 2.06 bits per heavy atom. The molecule has 2 heteroatoms. The van der Waals surface area contributed by atoms with Crippen LogP contribution in [0.5, 0.6) is 5.75 Å². The smallest absolute Gasteiger partial charge is 0.122 e. The lowest BCUT2D eigenvalue weighted by Gasteiger charge is -2.17. The molecule has 2 unspecified atom stereocenters. The van der Waals surface area contributed by atoms with Crippen molar-refractivity contribution in [2.45, 2.75) is 51.5 Å². The van der Waals surface area contributed by atoms with Crippen LogP contribution in [0.4, 0.5) is 0 Å². The molecule has 0 aliphatic heterocycles. The van der Waals surface area contributed by atoms with E-state index in [0.717, 1.165) is 18.8 Å². The zero-order chi connectivity index (χ0) is 13.0. The monoisotopic (exact) mass is 247 g/mol. The maximum Gasteiger partial charge on any atom is 0.122 e. The Hall–Kier alpha value is -1.02. The largest absolute Gasteiger partial charge is 0.493 e. The van der Waals surface area contributed by atoms with Gasteiger partial charge >= 0.3 is 0 Å². The number of benzene rings is 1. The lowest BCUT2D eigenvalue weighted by molar-refractivity contribution is 0.268. The van der Waals surface area contributed by atoms with Crippen molar-refractivity contribution >= 4 is 0 Å². The van der Waals surface area contributed by atoms with E-state index in [-0.39, 0.29) is 0 Å². The quantitative estimate of drug-likeness (QED) is 0.861. The summed E-state index contributed by atoms with van der Waals surface area (Å²) in [4.78, 5) is 0. The Labute approximate surface area is 111 Å². The van der Waals surface area contributed by atoms with Gasteiger partial charge in [-0.3, -0.25) is 0 Å². The lowest BCUT2D eigenvalue weighted by Crippen LogP contribution is -2.25. The highest BCUT2D eigenvalue weighted by molar-refractivity contribution is 5.35. The fraction of sp³-hybridized carbons (Fsp3) is 0.625. The van der Waals surface area contributed by atoms with Crippen molar-refractivity contribution in [1.29, 1.82) is 0 Å². The minimum Gasteiger partial charge on any atom is -0.493 e. The average molecular weight is 247 g/mol. The van der Waals surface area contributed by atoms with Gasteiger partial charge in [-0.2, -0.15) is 0 Å². The maximum atomic E-state index is 6.08. The molecule has 1 aromatic carbocycles. The fourth-order valence-electron chi connectivity index (χ4n) is 2.83. The fourth-order valence-corrected chi connectivity index (χ4v) is 2.83. The first-order valence-electron chi connectivity index (χ1n) is 7.15. The highest BCUT2D eigenvalue weighted by Crippen LogP contribution is 2.29. The molecule has 100 valence electrons. The molecule has 2 N–H and O–H groups in total. The van der Waals surface area contributed by atoms with Gasteiger partial charge in [0.25, 0.3) is 0 Å². The molecule has 0 radical (unpaired) electrons. The molecule has 0 spiro atoms. The molecule has 2 atom stereocenters. The Morgan fingerprint density at radius 3 is 2.72 bits per heavy atom. The first-order chi connectivity index (χ1) is 8.68. The second kappa shape index (κ2) is 6.24. The third kappa shape index (κ3) is 3.26. The predicted molar refractivity (Wildman–Crippen MR) is 76.0 cm³/mol. The van der Waals surface area contributed by atoms with Crippen molar-refractivity contribution in [3.05, 3.63) is 29.8 Å². The molecule has 1 saturated carbocycles. The summed E-state index contributed by atoms with van der Waals surface area (Å²) >= 11 is 0. The Morgan fingerprint density at radius 1 is 1.28 bits per heavy atom. The minimum absolute atomic E-state index is 0.397. The first-order valence-corrected chi connectivity index (χ1v) is 7.15. The second-order valence-corrected chi connectivity index (χ2v) is 5.68. The summed E-state index contributed by atoms with van der Waals surface area (Å²) in [6.45, 7) is 5.20. The number of ether oxygens (including phenoxy) is 1. The Balaban J connectivity index is 1.86. The van der Waals surface area contributed by atoms with Crippen LogP contribution in [0, 0.1) is 5.92 Å². The number of para-hydroxylation sites is 1. The number of hydrogen-bond donors (Lipinski definition) is 1. The van der Waals surface area contributed by atoms with Crippen LogP contribution in [0.25, 0.3) is 0 Å². The van der Waals surface area contributed by atoms with Gasteiger partial charge in [-0.1, -0.05) is 38.5 Å². The molecule has 1 aromatic rings. The van der Waals surface area contributed by atoms with Crippen molar-refractivity contribution in [3.63, 3.8) is 0 Å². The van der Waals surface area contributed by atoms with Crippen molar-refractivity contribution in [1.82, 2.24) is 0 Å². The van der Waals surface area contributed by atoms with Crippen molar-refractivity contribution in [3.8, 4) is 5.75 Å². The van der Waals surface area contributed by atoms with Crippen LogP contribution in [-0.2, 0) is 0 Å². The third-order valence-electron chi connectivity index (χ3n) is 4.01. The van der Waals surface area contributed by atoms with E-state index in [0.29, 0.717) is 17.9 Å². The molecule has 0 heterocycles. The standard InChI is InChI=1S/C16H25NO/c1-12(2)14-7-3-4-9-16(14)18-11-10-13-6-5-8-15(13)17/h3-4,7,9,12-13,15H,5-6,8,10-11,17H2,1-2H3.